The van der Waals surface area contributed by atoms with E-state index >= 15 is 0 Å². The van der Waals surface area contributed by atoms with Gasteiger partial charge in [0.05, 0.1) is 6.54 Å². The van der Waals surface area contributed by atoms with Crippen LogP contribution in [0.3, 0.4) is 0 Å². The molecule has 3 aliphatic rings. The van der Waals surface area contributed by atoms with Gasteiger partial charge in [-0.05, 0) is 49.7 Å². The van der Waals surface area contributed by atoms with Gasteiger partial charge < -0.3 is 19.3 Å². The first-order chi connectivity index (χ1) is 15.1. The molecule has 1 aromatic carbocycles. The monoisotopic (exact) mass is 428 g/mol. The summed E-state index contributed by atoms with van der Waals surface area (Å²) in [6.45, 7) is 2.56. The van der Waals surface area contributed by atoms with Crippen molar-refractivity contribution in [2.45, 2.75) is 63.9 Å². The van der Waals surface area contributed by atoms with Crippen molar-refractivity contribution in [2.75, 3.05) is 33.3 Å². The van der Waals surface area contributed by atoms with Crippen LogP contribution in [0.2, 0.25) is 0 Å². The summed E-state index contributed by atoms with van der Waals surface area (Å²) in [7, 11) is 1.84. The van der Waals surface area contributed by atoms with Crippen LogP contribution < -0.4 is 9.47 Å². The summed E-state index contributed by atoms with van der Waals surface area (Å²) in [5, 5.41) is 0. The van der Waals surface area contributed by atoms with Gasteiger partial charge in [0.2, 0.25) is 11.8 Å². The van der Waals surface area contributed by atoms with Crippen molar-refractivity contribution in [2.24, 2.45) is 11.8 Å². The van der Waals surface area contributed by atoms with Gasteiger partial charge in [-0.25, -0.2) is 0 Å². The topological polar surface area (TPSA) is 59.1 Å². The van der Waals surface area contributed by atoms with Crippen LogP contribution in [0.1, 0.15) is 57.8 Å². The molecule has 0 bridgehead atoms. The van der Waals surface area contributed by atoms with Crippen molar-refractivity contribution in [3.63, 3.8) is 0 Å². The molecule has 0 radical (unpaired) electrons. The number of fused-ring (bicyclic) bond motifs is 1. The molecule has 1 saturated heterocycles. The molecule has 6 heteroatoms. The predicted molar refractivity (Wildman–Crippen MR) is 119 cm³/mol. The highest BCUT2D eigenvalue weighted by molar-refractivity contribution is 5.77. The third kappa shape index (κ3) is 5.92. The molecule has 1 saturated carbocycles. The Kier molecular flexibility index (Phi) is 7.36. The van der Waals surface area contributed by atoms with E-state index in [1.165, 1.54) is 32.1 Å². The van der Waals surface area contributed by atoms with E-state index in [0.29, 0.717) is 37.3 Å². The normalized spacial score (nSPS) is 22.2. The Labute approximate surface area is 185 Å². The number of likely N-dealkylation sites (N-methyl/N-ethyl adjacent to an activating group) is 1. The van der Waals surface area contributed by atoms with Crippen molar-refractivity contribution >= 4 is 11.8 Å². The second-order valence-electron chi connectivity index (χ2n) is 9.51. The molecule has 2 fully saturated rings. The largest absolute Gasteiger partial charge is 0.486 e. The lowest BCUT2D eigenvalue weighted by atomic mass is 9.86. The van der Waals surface area contributed by atoms with E-state index in [1.54, 1.807) is 4.90 Å². The molecule has 0 unspecified atom stereocenters. The minimum Gasteiger partial charge on any atom is -0.486 e. The van der Waals surface area contributed by atoms with Crippen LogP contribution in [0, 0.1) is 11.8 Å². The summed E-state index contributed by atoms with van der Waals surface area (Å²) in [5.41, 5.74) is 0. The summed E-state index contributed by atoms with van der Waals surface area (Å²) in [5.74, 6) is 2.92. The lowest BCUT2D eigenvalue weighted by molar-refractivity contribution is -0.135. The predicted octanol–water partition coefficient (Wildman–Crippen LogP) is 3.88. The first-order valence-electron chi connectivity index (χ1n) is 12.0. The van der Waals surface area contributed by atoms with Gasteiger partial charge in [0, 0.05) is 33.0 Å². The smallest absolute Gasteiger partial charge is 0.222 e. The van der Waals surface area contributed by atoms with E-state index in [1.807, 2.05) is 36.2 Å². The Bertz CT molecular complexity index is 754. The van der Waals surface area contributed by atoms with E-state index in [0.717, 1.165) is 43.9 Å². The molecule has 1 aliphatic carbocycles. The number of amides is 2. The van der Waals surface area contributed by atoms with Crippen LogP contribution >= 0.6 is 0 Å². The van der Waals surface area contributed by atoms with Crippen LogP contribution in [-0.2, 0) is 9.59 Å². The highest BCUT2D eigenvalue weighted by Crippen LogP contribution is 2.31. The number of nitrogens with zero attached hydrogens (tertiary/aromatic N) is 2. The fourth-order valence-corrected chi connectivity index (χ4v) is 5.12. The Balaban J connectivity index is 1.17. The number of likely N-dealkylation sites (tertiary alicyclic amines) is 1. The summed E-state index contributed by atoms with van der Waals surface area (Å²) >= 11 is 0. The lowest BCUT2D eigenvalue weighted by Gasteiger charge is -2.34. The summed E-state index contributed by atoms with van der Waals surface area (Å²) in [6, 6.07) is 7.64. The minimum atomic E-state index is -0.150. The van der Waals surface area contributed by atoms with Gasteiger partial charge in [0.1, 0.15) is 6.61 Å². The Morgan fingerprint density at radius 3 is 2.39 bits per heavy atom. The summed E-state index contributed by atoms with van der Waals surface area (Å²) in [4.78, 5) is 29.2. The number of rotatable bonds is 6. The molecule has 1 atom stereocenters. The highest BCUT2D eigenvalue weighted by Gasteiger charge is 2.28. The Morgan fingerprint density at radius 2 is 1.65 bits per heavy atom. The molecule has 0 spiro atoms. The SMILES string of the molecule is CN(C[C@@H]1COc2ccccc2O1)C(=O)CC1CCN(C(=O)CC2CCCCC2)CC1. The van der Waals surface area contributed by atoms with Gasteiger partial charge in [-0.2, -0.15) is 0 Å². The molecule has 2 heterocycles. The fraction of sp³-hybridized carbons (Fsp3) is 0.680. The van der Waals surface area contributed by atoms with E-state index in [-0.39, 0.29) is 12.0 Å². The second-order valence-corrected chi connectivity index (χ2v) is 9.51. The number of ether oxygens (including phenoxy) is 2. The van der Waals surface area contributed by atoms with Crippen LogP contribution in [0.15, 0.2) is 24.3 Å². The van der Waals surface area contributed by atoms with Crippen molar-refractivity contribution in [3.05, 3.63) is 24.3 Å². The van der Waals surface area contributed by atoms with Gasteiger partial charge in [-0.1, -0.05) is 31.4 Å². The van der Waals surface area contributed by atoms with Gasteiger partial charge in [0.15, 0.2) is 17.6 Å². The zero-order chi connectivity index (χ0) is 21.6. The quantitative estimate of drug-likeness (QED) is 0.690. The third-order valence-electron chi connectivity index (χ3n) is 7.09. The standard InChI is InChI=1S/C25H36N2O4/c1-26(17-21-18-30-22-9-5-6-10-23(22)31-21)24(28)15-20-11-13-27(14-12-20)25(29)16-19-7-3-2-4-8-19/h5-6,9-10,19-21H,2-4,7-8,11-18H2,1H3/t21-/m1/s1. The first-order valence-corrected chi connectivity index (χ1v) is 12.0. The van der Waals surface area contributed by atoms with E-state index in [2.05, 4.69) is 0 Å². The van der Waals surface area contributed by atoms with Crippen LogP contribution in [0.25, 0.3) is 0 Å². The van der Waals surface area contributed by atoms with Crippen molar-refractivity contribution in [1.29, 1.82) is 0 Å². The van der Waals surface area contributed by atoms with Gasteiger partial charge in [0.25, 0.3) is 0 Å². The maximum absolute atomic E-state index is 12.8. The average Bonchev–Trinajstić information content (AvgIpc) is 2.80. The first kappa shape index (κ1) is 22.0. The molecule has 2 aliphatic heterocycles. The summed E-state index contributed by atoms with van der Waals surface area (Å²) in [6.07, 6.45) is 9.27. The molecule has 0 N–H and O–H groups in total. The van der Waals surface area contributed by atoms with Crippen molar-refractivity contribution in [3.8, 4) is 11.5 Å². The Hall–Kier alpha value is -2.24. The van der Waals surface area contributed by atoms with E-state index in [9.17, 15) is 9.59 Å². The third-order valence-corrected chi connectivity index (χ3v) is 7.09. The molecular weight excluding hydrogens is 392 g/mol. The zero-order valence-electron chi connectivity index (χ0n) is 18.8. The summed E-state index contributed by atoms with van der Waals surface area (Å²) < 4.78 is 11.7. The number of benzene rings is 1. The number of para-hydroxylation sites is 2. The molecule has 6 nitrogen and oxygen atoms in total. The van der Waals surface area contributed by atoms with Gasteiger partial charge in [-0.15, -0.1) is 0 Å². The number of carbonyl (C=O) groups is 2. The van der Waals surface area contributed by atoms with E-state index in [4.69, 9.17) is 9.47 Å². The zero-order valence-corrected chi connectivity index (χ0v) is 18.8. The van der Waals surface area contributed by atoms with Gasteiger partial charge >= 0.3 is 0 Å². The molecule has 31 heavy (non-hydrogen) atoms. The molecule has 0 aromatic heterocycles. The number of carbonyl (C=O) groups excluding carboxylic acids is 2. The number of hydrogen-bond donors (Lipinski definition) is 0. The van der Waals surface area contributed by atoms with E-state index < -0.39 is 0 Å². The molecular formula is C25H36N2O4. The van der Waals surface area contributed by atoms with Crippen LogP contribution in [0.5, 0.6) is 11.5 Å². The minimum absolute atomic E-state index is 0.148. The van der Waals surface area contributed by atoms with Crippen LogP contribution in [-0.4, -0.2) is 61.0 Å². The molecule has 170 valence electrons. The maximum atomic E-state index is 12.8. The van der Waals surface area contributed by atoms with Crippen LogP contribution in [0.4, 0.5) is 0 Å². The highest BCUT2D eigenvalue weighted by atomic mass is 16.6. The number of piperidine rings is 1. The number of hydrogen-bond acceptors (Lipinski definition) is 4. The Morgan fingerprint density at radius 1 is 0.968 bits per heavy atom. The molecule has 4 rings (SSSR count). The van der Waals surface area contributed by atoms with Gasteiger partial charge in [-0.3, -0.25) is 9.59 Å². The molecule has 1 aromatic rings. The molecule has 2 amide bonds. The van der Waals surface area contributed by atoms with Crippen molar-refractivity contribution < 1.29 is 19.1 Å². The second kappa shape index (κ2) is 10.4. The maximum Gasteiger partial charge on any atom is 0.222 e. The van der Waals surface area contributed by atoms with Crippen molar-refractivity contribution in [1.82, 2.24) is 9.80 Å². The lowest BCUT2D eigenvalue weighted by Crippen LogP contribution is -2.43. The average molecular weight is 429 g/mol. The fourth-order valence-electron chi connectivity index (χ4n) is 5.12.